The van der Waals surface area contributed by atoms with Gasteiger partial charge in [0.15, 0.2) is 5.75 Å². The standard InChI is InChI=1S/C10H8ClF5N2O/c11-4-8(17)18-6-3-5(10(14,15)16)1-2-7(6)19-9(12)13/h1-3,9H,4H2,(H2,17,18). The Morgan fingerprint density at radius 1 is 1.37 bits per heavy atom. The summed E-state index contributed by atoms with van der Waals surface area (Å²) in [6.07, 6.45) is -4.64. The van der Waals surface area contributed by atoms with E-state index < -0.39 is 29.8 Å². The topological polar surface area (TPSA) is 47.6 Å². The van der Waals surface area contributed by atoms with Crippen molar-refractivity contribution in [2.24, 2.45) is 10.7 Å². The molecule has 0 bridgehead atoms. The van der Waals surface area contributed by atoms with E-state index in [0.29, 0.717) is 12.1 Å². The van der Waals surface area contributed by atoms with Crippen molar-refractivity contribution >= 4 is 23.1 Å². The Kier molecular flexibility index (Phi) is 4.93. The molecule has 0 aliphatic heterocycles. The Labute approximate surface area is 109 Å². The molecular weight excluding hydrogens is 295 g/mol. The van der Waals surface area contributed by atoms with Crippen molar-refractivity contribution in [2.75, 3.05) is 5.88 Å². The van der Waals surface area contributed by atoms with Crippen LogP contribution < -0.4 is 10.5 Å². The van der Waals surface area contributed by atoms with E-state index in [1.54, 1.807) is 0 Å². The van der Waals surface area contributed by atoms with Crippen LogP contribution in [0.4, 0.5) is 27.6 Å². The SMILES string of the molecule is NC(CCl)=Nc1cc(C(F)(F)F)ccc1OC(F)F. The Balaban J connectivity index is 3.26. The molecule has 3 nitrogen and oxygen atoms in total. The van der Waals surface area contributed by atoms with Gasteiger partial charge < -0.3 is 10.5 Å². The molecule has 0 aromatic heterocycles. The van der Waals surface area contributed by atoms with Gasteiger partial charge in [0, 0.05) is 0 Å². The Bertz CT molecular complexity index is 475. The van der Waals surface area contributed by atoms with Crippen LogP contribution in [0.3, 0.4) is 0 Å². The van der Waals surface area contributed by atoms with E-state index in [-0.39, 0.29) is 11.7 Å². The molecule has 19 heavy (non-hydrogen) atoms. The fourth-order valence-corrected chi connectivity index (χ4v) is 1.22. The smallest absolute Gasteiger partial charge is 0.416 e. The predicted octanol–water partition coefficient (Wildman–Crippen LogP) is 3.53. The Morgan fingerprint density at radius 3 is 2.47 bits per heavy atom. The summed E-state index contributed by atoms with van der Waals surface area (Å²) in [6, 6.07) is 1.90. The molecule has 0 saturated carbocycles. The third-order valence-corrected chi connectivity index (χ3v) is 2.18. The van der Waals surface area contributed by atoms with Gasteiger partial charge in [-0.2, -0.15) is 22.0 Å². The monoisotopic (exact) mass is 302 g/mol. The Morgan fingerprint density at radius 2 is 2.00 bits per heavy atom. The first-order valence-corrected chi connectivity index (χ1v) is 5.32. The fourth-order valence-electron chi connectivity index (χ4n) is 1.16. The molecule has 9 heteroatoms. The molecule has 0 amide bonds. The molecule has 0 aliphatic rings. The maximum Gasteiger partial charge on any atom is 0.416 e. The van der Waals surface area contributed by atoms with Crippen molar-refractivity contribution < 1.29 is 26.7 Å². The quantitative estimate of drug-likeness (QED) is 0.400. The van der Waals surface area contributed by atoms with Crippen molar-refractivity contribution in [2.45, 2.75) is 12.8 Å². The summed E-state index contributed by atoms with van der Waals surface area (Å²) in [6.45, 7) is -3.19. The van der Waals surface area contributed by atoms with Gasteiger partial charge in [0.25, 0.3) is 0 Å². The number of halogens is 6. The van der Waals surface area contributed by atoms with Gasteiger partial charge in [0.05, 0.1) is 11.4 Å². The zero-order valence-electron chi connectivity index (χ0n) is 9.22. The summed E-state index contributed by atoms with van der Waals surface area (Å²) >= 11 is 5.32. The first kappa shape index (κ1) is 15.5. The van der Waals surface area contributed by atoms with Crippen molar-refractivity contribution in [3.63, 3.8) is 0 Å². The highest BCUT2D eigenvalue weighted by atomic mass is 35.5. The molecule has 1 aromatic rings. The Hall–Kier alpha value is -1.57. The maximum absolute atomic E-state index is 12.5. The number of aliphatic imine (C=N–C) groups is 1. The minimum atomic E-state index is -4.64. The second-order valence-corrected chi connectivity index (χ2v) is 3.56. The van der Waals surface area contributed by atoms with E-state index in [0.717, 1.165) is 6.07 Å². The van der Waals surface area contributed by atoms with Gasteiger partial charge in [-0.15, -0.1) is 11.6 Å². The number of hydrogen-bond donors (Lipinski definition) is 1. The largest absolute Gasteiger partial charge is 0.433 e. The fraction of sp³-hybridized carbons (Fsp3) is 0.300. The molecule has 0 heterocycles. The predicted molar refractivity (Wildman–Crippen MR) is 60.1 cm³/mol. The van der Waals surface area contributed by atoms with E-state index >= 15 is 0 Å². The lowest BCUT2D eigenvalue weighted by atomic mass is 10.2. The van der Waals surface area contributed by atoms with Crippen molar-refractivity contribution in [3.05, 3.63) is 23.8 Å². The van der Waals surface area contributed by atoms with E-state index in [2.05, 4.69) is 9.73 Å². The number of amidine groups is 1. The average molecular weight is 303 g/mol. The molecule has 0 saturated heterocycles. The zero-order chi connectivity index (χ0) is 14.6. The third-order valence-electron chi connectivity index (χ3n) is 1.90. The first-order chi connectivity index (χ1) is 8.74. The molecule has 2 N–H and O–H groups in total. The lowest BCUT2D eigenvalue weighted by Crippen LogP contribution is -2.13. The van der Waals surface area contributed by atoms with Crippen LogP contribution in [0.15, 0.2) is 23.2 Å². The van der Waals surface area contributed by atoms with E-state index in [1.165, 1.54) is 0 Å². The molecular formula is C10H8ClF5N2O. The van der Waals surface area contributed by atoms with Crippen LogP contribution in [-0.2, 0) is 6.18 Å². The molecule has 0 spiro atoms. The lowest BCUT2D eigenvalue weighted by molar-refractivity contribution is -0.137. The van der Waals surface area contributed by atoms with Crippen LogP contribution in [0.5, 0.6) is 5.75 Å². The van der Waals surface area contributed by atoms with Crippen LogP contribution in [0.1, 0.15) is 5.56 Å². The van der Waals surface area contributed by atoms with E-state index in [1.807, 2.05) is 0 Å². The molecule has 0 radical (unpaired) electrons. The lowest BCUT2D eigenvalue weighted by Gasteiger charge is -2.11. The summed E-state index contributed by atoms with van der Waals surface area (Å²) in [4.78, 5) is 3.51. The minimum Gasteiger partial charge on any atom is -0.433 e. The van der Waals surface area contributed by atoms with Crippen molar-refractivity contribution in [1.82, 2.24) is 0 Å². The number of ether oxygens (including phenoxy) is 1. The van der Waals surface area contributed by atoms with Crippen molar-refractivity contribution in [1.29, 1.82) is 0 Å². The summed E-state index contributed by atoms with van der Waals surface area (Å²) in [5.74, 6) is -0.999. The van der Waals surface area contributed by atoms with Gasteiger partial charge in [-0.1, -0.05) is 0 Å². The highest BCUT2D eigenvalue weighted by Crippen LogP contribution is 2.37. The summed E-state index contributed by atoms with van der Waals surface area (Å²) in [7, 11) is 0. The molecule has 0 fully saturated rings. The van der Waals surface area contributed by atoms with Crippen LogP contribution in [0.2, 0.25) is 0 Å². The van der Waals surface area contributed by atoms with E-state index in [4.69, 9.17) is 17.3 Å². The van der Waals surface area contributed by atoms with Crippen LogP contribution in [0.25, 0.3) is 0 Å². The summed E-state index contributed by atoms with van der Waals surface area (Å²) in [5.41, 5.74) is 3.73. The van der Waals surface area contributed by atoms with Gasteiger partial charge in [0.1, 0.15) is 11.5 Å². The van der Waals surface area contributed by atoms with Gasteiger partial charge in [-0.3, -0.25) is 0 Å². The number of benzene rings is 1. The van der Waals surface area contributed by atoms with Gasteiger partial charge in [0.2, 0.25) is 0 Å². The van der Waals surface area contributed by atoms with Crippen LogP contribution in [-0.4, -0.2) is 18.3 Å². The molecule has 1 aromatic carbocycles. The summed E-state index contributed by atoms with van der Waals surface area (Å²) < 4.78 is 65.7. The normalized spacial score (nSPS) is 12.9. The third kappa shape index (κ3) is 4.55. The second-order valence-electron chi connectivity index (χ2n) is 3.30. The molecule has 0 atom stereocenters. The van der Waals surface area contributed by atoms with Crippen LogP contribution in [0, 0.1) is 0 Å². The van der Waals surface area contributed by atoms with E-state index in [9.17, 15) is 22.0 Å². The van der Waals surface area contributed by atoms with Gasteiger partial charge in [-0.25, -0.2) is 4.99 Å². The second kappa shape index (κ2) is 6.05. The average Bonchev–Trinajstić information content (AvgIpc) is 2.29. The molecule has 1 rings (SSSR count). The highest BCUT2D eigenvalue weighted by molar-refractivity contribution is 6.28. The number of hydrogen-bond acceptors (Lipinski definition) is 2. The number of alkyl halides is 6. The molecule has 106 valence electrons. The zero-order valence-corrected chi connectivity index (χ0v) is 9.97. The molecule has 0 unspecified atom stereocenters. The summed E-state index contributed by atoms with van der Waals surface area (Å²) in [5, 5.41) is 0. The maximum atomic E-state index is 12.5. The van der Waals surface area contributed by atoms with Gasteiger partial charge >= 0.3 is 12.8 Å². The number of nitrogens with zero attached hydrogens (tertiary/aromatic N) is 1. The molecule has 0 aliphatic carbocycles. The van der Waals surface area contributed by atoms with Crippen molar-refractivity contribution in [3.8, 4) is 5.75 Å². The van der Waals surface area contributed by atoms with Gasteiger partial charge in [-0.05, 0) is 18.2 Å². The highest BCUT2D eigenvalue weighted by Gasteiger charge is 2.31. The first-order valence-electron chi connectivity index (χ1n) is 4.79. The number of nitrogens with two attached hydrogens (primary N) is 1. The number of rotatable bonds is 4. The minimum absolute atomic E-state index is 0.222. The van der Waals surface area contributed by atoms with Crippen LogP contribution >= 0.6 is 11.6 Å².